The van der Waals surface area contributed by atoms with Crippen molar-refractivity contribution in [2.45, 2.75) is 67.6 Å². The van der Waals surface area contributed by atoms with Gasteiger partial charge in [0.2, 0.25) is 0 Å². The number of hydrogen-bond acceptors (Lipinski definition) is 13. The standard InChI is InChI=1S/C14H13ClO2S2.C12H8Cl2S2.C12H9ClOS2.C8H9BrO2S.C6H5ClS/c1-9-12(19-11-4-2-3-10(15)7-11)8-13(18-9)14-16-5-6-17-14;13-9-3-1-5-11(7-9)15-16-12-6-2-4-10(14)8-12;1-8-12(6-11(7-14)15-8)16-10-4-2-3-9(13)5-10;1-5-6(9)4-7(12-5)8-10-2-3-11-8;7-5-2-1-3-6(8)4-5/h2-4,7-8,14H,5-6H2,1H3;1-8H;2-7H,1H3;4,8H,2-3H2,1H3;1-4,8H. The number of ether oxygens (including phenoxy) is 4. The van der Waals surface area contributed by atoms with E-state index in [2.05, 4.69) is 60.6 Å². The third-order valence-corrected chi connectivity index (χ3v) is 19.7. The van der Waals surface area contributed by atoms with Gasteiger partial charge in [-0.05, 0) is 146 Å². The normalized spacial score (nSPS) is 13.2. The van der Waals surface area contributed by atoms with Crippen LogP contribution in [-0.4, -0.2) is 32.7 Å². The molecule has 3 aromatic heterocycles. The molecule has 0 atom stereocenters. The molecule has 0 saturated carbocycles. The molecule has 2 aliphatic heterocycles. The van der Waals surface area contributed by atoms with E-state index in [0.717, 1.165) is 84.8 Å². The van der Waals surface area contributed by atoms with E-state index in [4.69, 9.17) is 77.0 Å². The molecule has 0 N–H and O–H groups in total. The molecule has 0 bridgehead atoms. The van der Waals surface area contributed by atoms with Crippen molar-refractivity contribution in [1.82, 2.24) is 0 Å². The predicted octanol–water partition coefficient (Wildman–Crippen LogP) is 20.9. The molecule has 372 valence electrons. The molecular formula is C52H44BrCl5O5S8. The minimum Gasteiger partial charge on any atom is -0.345 e. The predicted molar refractivity (Wildman–Crippen MR) is 314 cm³/mol. The van der Waals surface area contributed by atoms with Crippen LogP contribution in [0.5, 0.6) is 0 Å². The molecule has 71 heavy (non-hydrogen) atoms. The van der Waals surface area contributed by atoms with Crippen molar-refractivity contribution in [1.29, 1.82) is 0 Å². The summed E-state index contributed by atoms with van der Waals surface area (Å²) in [6.45, 7) is 8.99. The molecule has 0 spiro atoms. The summed E-state index contributed by atoms with van der Waals surface area (Å²) in [5.41, 5.74) is 0. The number of carbonyl (C=O) groups is 1. The molecule has 10 rings (SSSR count). The van der Waals surface area contributed by atoms with E-state index in [-0.39, 0.29) is 12.6 Å². The van der Waals surface area contributed by atoms with Gasteiger partial charge in [-0.3, -0.25) is 4.79 Å². The van der Waals surface area contributed by atoms with E-state index in [0.29, 0.717) is 26.4 Å². The van der Waals surface area contributed by atoms with Gasteiger partial charge >= 0.3 is 0 Å². The van der Waals surface area contributed by atoms with Crippen molar-refractivity contribution >= 4 is 172 Å². The number of thiophene rings is 3. The number of hydrogen-bond donors (Lipinski definition) is 1. The van der Waals surface area contributed by atoms with Gasteiger partial charge in [0.15, 0.2) is 18.9 Å². The smallest absolute Gasteiger partial charge is 0.193 e. The van der Waals surface area contributed by atoms with Crippen LogP contribution in [0.25, 0.3) is 0 Å². The van der Waals surface area contributed by atoms with Gasteiger partial charge in [-0.1, -0.05) is 133 Å². The van der Waals surface area contributed by atoms with Crippen molar-refractivity contribution < 1.29 is 23.7 Å². The van der Waals surface area contributed by atoms with Crippen molar-refractivity contribution in [3.8, 4) is 0 Å². The number of rotatable bonds is 10. The second-order valence-electron chi connectivity index (χ2n) is 14.6. The number of thiol groups is 1. The lowest BCUT2D eigenvalue weighted by atomic mass is 10.4. The van der Waals surface area contributed by atoms with Gasteiger partial charge in [0.25, 0.3) is 0 Å². The molecule has 0 amide bonds. The Morgan fingerprint density at radius 3 is 1.27 bits per heavy atom. The molecule has 2 saturated heterocycles. The lowest BCUT2D eigenvalue weighted by Gasteiger charge is -2.04. The van der Waals surface area contributed by atoms with Crippen LogP contribution >= 0.6 is 166 Å². The second-order valence-corrected chi connectivity index (χ2v) is 26.6. The zero-order valence-electron chi connectivity index (χ0n) is 38.0. The SMILES string of the molecule is Cc1sc(C2OCCO2)cc1Br.Cc1sc(C2OCCO2)cc1Sc1cccc(Cl)c1.Cc1sc(C=O)cc1Sc1cccc(Cl)c1.Clc1cccc(SSc2cccc(Cl)c2)c1.Sc1cccc(Cl)c1. The summed E-state index contributed by atoms with van der Waals surface area (Å²) in [5, 5.41) is 3.75. The van der Waals surface area contributed by atoms with Gasteiger partial charge in [-0.2, -0.15) is 0 Å². The topological polar surface area (TPSA) is 54.0 Å². The fourth-order valence-electron chi connectivity index (χ4n) is 5.92. The zero-order valence-corrected chi connectivity index (χ0v) is 49.9. The first-order valence-corrected chi connectivity index (χ1v) is 30.6. The monoisotopic (exact) mass is 1260 g/mol. The summed E-state index contributed by atoms with van der Waals surface area (Å²) in [5.74, 6) is 0. The van der Waals surface area contributed by atoms with Crippen LogP contribution in [-0.2, 0) is 18.9 Å². The molecule has 5 aromatic carbocycles. The number of carbonyl (C=O) groups excluding carboxylic acids is 1. The van der Waals surface area contributed by atoms with Crippen LogP contribution in [0.15, 0.2) is 178 Å². The summed E-state index contributed by atoms with van der Waals surface area (Å²) in [7, 11) is 3.34. The Bertz CT molecular complexity index is 2860. The van der Waals surface area contributed by atoms with Crippen molar-refractivity contribution in [2.24, 2.45) is 0 Å². The largest absolute Gasteiger partial charge is 0.345 e. The summed E-state index contributed by atoms with van der Waals surface area (Å²) < 4.78 is 23.0. The molecule has 0 aliphatic carbocycles. The Balaban J connectivity index is 0.000000149. The summed E-state index contributed by atoms with van der Waals surface area (Å²) in [6.07, 6.45) is 0.581. The Kier molecular flexibility index (Phi) is 25.5. The summed E-state index contributed by atoms with van der Waals surface area (Å²) in [4.78, 5) is 25.2. The van der Waals surface area contributed by atoms with Gasteiger partial charge in [0.05, 0.1) is 41.1 Å². The fraction of sp³-hybridized carbons (Fsp3) is 0.173. The van der Waals surface area contributed by atoms with Gasteiger partial charge in [-0.15, -0.1) is 46.6 Å². The van der Waals surface area contributed by atoms with Gasteiger partial charge < -0.3 is 18.9 Å². The van der Waals surface area contributed by atoms with E-state index in [1.54, 1.807) is 73.9 Å². The highest BCUT2D eigenvalue weighted by atomic mass is 79.9. The minimum atomic E-state index is -0.183. The first kappa shape index (κ1) is 58.6. The van der Waals surface area contributed by atoms with Crippen LogP contribution in [0.3, 0.4) is 0 Å². The molecule has 19 heteroatoms. The second kappa shape index (κ2) is 30.8. The Morgan fingerprint density at radius 1 is 0.507 bits per heavy atom. The van der Waals surface area contributed by atoms with Crippen LogP contribution in [0.2, 0.25) is 25.1 Å². The van der Waals surface area contributed by atoms with Crippen LogP contribution in [0.1, 0.15) is 46.6 Å². The minimum absolute atomic E-state index is 0.125. The van der Waals surface area contributed by atoms with E-state index in [1.165, 1.54) is 26.0 Å². The highest BCUT2D eigenvalue weighted by Gasteiger charge is 2.22. The van der Waals surface area contributed by atoms with Gasteiger partial charge in [0.1, 0.15) is 0 Å². The maximum Gasteiger partial charge on any atom is 0.193 e. The van der Waals surface area contributed by atoms with E-state index < -0.39 is 0 Å². The quantitative estimate of drug-likeness (QED) is 0.0820. The van der Waals surface area contributed by atoms with E-state index in [9.17, 15) is 4.79 Å². The third kappa shape index (κ3) is 20.5. The maximum atomic E-state index is 10.7. The summed E-state index contributed by atoms with van der Waals surface area (Å²) >= 11 is 45.2. The van der Waals surface area contributed by atoms with E-state index >= 15 is 0 Å². The molecule has 0 unspecified atom stereocenters. The lowest BCUT2D eigenvalue weighted by Crippen LogP contribution is -1.93. The van der Waals surface area contributed by atoms with Crippen molar-refractivity contribution in [3.05, 3.63) is 198 Å². The Morgan fingerprint density at radius 2 is 0.887 bits per heavy atom. The van der Waals surface area contributed by atoms with Crippen LogP contribution < -0.4 is 0 Å². The maximum absolute atomic E-state index is 10.7. The molecule has 2 fully saturated rings. The highest BCUT2D eigenvalue weighted by Crippen LogP contribution is 2.41. The summed E-state index contributed by atoms with van der Waals surface area (Å²) in [6, 6.07) is 44.7. The molecule has 2 aliphatic rings. The van der Waals surface area contributed by atoms with Gasteiger partial charge in [-0.25, -0.2) is 0 Å². The first-order chi connectivity index (χ1) is 34.2. The van der Waals surface area contributed by atoms with Crippen molar-refractivity contribution in [2.75, 3.05) is 26.4 Å². The van der Waals surface area contributed by atoms with Crippen LogP contribution in [0, 0.1) is 20.8 Å². The average Bonchev–Trinajstić information content (AvgIpc) is 4.21. The average molecular weight is 1260 g/mol. The molecule has 8 aromatic rings. The van der Waals surface area contributed by atoms with Gasteiger partial charge in [0, 0.05) is 78.5 Å². The third-order valence-electron chi connectivity index (χ3n) is 9.17. The number of aldehydes is 1. The fourth-order valence-corrected chi connectivity index (χ4v) is 15.1. The Labute approximate surface area is 482 Å². The van der Waals surface area contributed by atoms with E-state index in [1.807, 2.05) is 122 Å². The number of benzene rings is 5. The first-order valence-electron chi connectivity index (χ1n) is 21.3. The van der Waals surface area contributed by atoms with Crippen LogP contribution in [0.4, 0.5) is 0 Å². The lowest BCUT2D eigenvalue weighted by molar-refractivity contribution is -0.0416. The molecule has 5 nitrogen and oxygen atoms in total. The molecular weight excluding hydrogens is 1220 g/mol. The highest BCUT2D eigenvalue weighted by molar-refractivity contribution is 9.10. The Hall–Kier alpha value is -1.61. The molecule has 5 heterocycles. The number of aryl methyl sites for hydroxylation is 3. The number of halogens is 6. The zero-order chi connectivity index (χ0) is 50.7. The molecule has 0 radical (unpaired) electrons. The van der Waals surface area contributed by atoms with Crippen molar-refractivity contribution in [3.63, 3.8) is 0 Å².